The zero-order chi connectivity index (χ0) is 15.0. The van der Waals surface area contributed by atoms with E-state index in [2.05, 4.69) is 25.9 Å². The van der Waals surface area contributed by atoms with Crippen molar-refractivity contribution in [2.45, 2.75) is 31.7 Å². The molecule has 0 bridgehead atoms. The fraction of sp³-hybridized carbons (Fsp3) is 0.333. The molecular formula is C15H14BrFN4. The van der Waals surface area contributed by atoms with Crippen LogP contribution < -0.4 is 5.73 Å². The second kappa shape index (κ2) is 5.49. The molecule has 6 heteroatoms. The lowest BCUT2D eigenvalue weighted by atomic mass is 10.1. The first kappa shape index (κ1) is 14.1. The summed E-state index contributed by atoms with van der Waals surface area (Å²) in [7, 11) is 0. The summed E-state index contributed by atoms with van der Waals surface area (Å²) in [6.07, 6.45) is 4.29. The number of benzene rings is 1. The molecule has 1 heterocycles. The summed E-state index contributed by atoms with van der Waals surface area (Å²) in [5.41, 5.74) is 6.95. The van der Waals surface area contributed by atoms with Crippen LogP contribution >= 0.6 is 15.9 Å². The molecule has 0 aliphatic heterocycles. The number of hydrogen-bond acceptors (Lipinski definition) is 2. The molecule has 2 N–H and O–H groups in total. The van der Waals surface area contributed by atoms with E-state index in [1.807, 2.05) is 0 Å². The fourth-order valence-electron chi connectivity index (χ4n) is 2.84. The van der Waals surface area contributed by atoms with Crippen molar-refractivity contribution >= 4 is 27.4 Å². The zero-order valence-electron chi connectivity index (χ0n) is 11.3. The van der Waals surface area contributed by atoms with Gasteiger partial charge in [-0.3, -0.25) is 4.68 Å². The van der Waals surface area contributed by atoms with Crippen LogP contribution in [0.5, 0.6) is 0 Å². The number of nitrogen functional groups attached to an aromatic ring is 1. The molecule has 0 atom stereocenters. The van der Waals surface area contributed by atoms with Crippen molar-refractivity contribution in [1.29, 1.82) is 0 Å². The number of nitrogens with zero attached hydrogens (tertiary/aromatic N) is 3. The summed E-state index contributed by atoms with van der Waals surface area (Å²) in [5.74, 6) is -0.0698. The highest BCUT2D eigenvalue weighted by Crippen LogP contribution is 2.40. The summed E-state index contributed by atoms with van der Waals surface area (Å²) in [5, 5.41) is 4.45. The Balaban J connectivity index is 2.14. The Hall–Kier alpha value is -1.87. The van der Waals surface area contributed by atoms with Crippen LogP contribution in [0.3, 0.4) is 0 Å². The second-order valence-electron chi connectivity index (χ2n) is 5.20. The van der Waals surface area contributed by atoms with Crippen LogP contribution in [0.15, 0.2) is 22.7 Å². The molecular weight excluding hydrogens is 335 g/mol. The first-order valence-corrected chi connectivity index (χ1v) is 7.62. The average Bonchev–Trinajstić information content (AvgIpc) is 3.06. The molecule has 1 aliphatic rings. The first-order valence-electron chi connectivity index (χ1n) is 6.82. The molecule has 0 saturated heterocycles. The van der Waals surface area contributed by atoms with Crippen molar-refractivity contribution < 1.29 is 4.39 Å². The maximum atomic E-state index is 14.1. The minimum atomic E-state index is -0.412. The van der Waals surface area contributed by atoms with Crippen LogP contribution in [0.1, 0.15) is 31.7 Å². The Morgan fingerprint density at radius 3 is 2.71 bits per heavy atom. The molecule has 1 aliphatic carbocycles. The third-order valence-corrected chi connectivity index (χ3v) is 4.38. The van der Waals surface area contributed by atoms with Crippen molar-refractivity contribution in [3.63, 3.8) is 0 Å². The number of hydrogen-bond donors (Lipinski definition) is 1. The van der Waals surface area contributed by atoms with E-state index >= 15 is 0 Å². The van der Waals surface area contributed by atoms with Gasteiger partial charge in [-0.05, 0) is 31.0 Å². The highest BCUT2D eigenvalue weighted by atomic mass is 79.9. The number of halogens is 2. The van der Waals surface area contributed by atoms with Crippen LogP contribution in [-0.2, 0) is 0 Å². The standard InChI is InChI=1S/C15H14BrFN4/c1-19-14-13(11-7-6-9(16)8-12(11)17)20-21(15(14)18)10-4-2-3-5-10/h6-8,10H,2-5,18H2. The summed E-state index contributed by atoms with van der Waals surface area (Å²) in [4.78, 5) is 3.47. The zero-order valence-corrected chi connectivity index (χ0v) is 12.9. The van der Waals surface area contributed by atoms with E-state index in [-0.39, 0.29) is 11.7 Å². The molecule has 108 valence electrons. The average molecular weight is 349 g/mol. The van der Waals surface area contributed by atoms with Crippen LogP contribution in [0.2, 0.25) is 0 Å². The van der Waals surface area contributed by atoms with E-state index in [1.54, 1.807) is 16.8 Å². The van der Waals surface area contributed by atoms with Gasteiger partial charge in [-0.1, -0.05) is 28.8 Å². The molecule has 1 aromatic carbocycles. The lowest BCUT2D eigenvalue weighted by molar-refractivity contribution is 0.474. The van der Waals surface area contributed by atoms with Crippen LogP contribution in [0, 0.1) is 12.4 Å². The lowest BCUT2D eigenvalue weighted by Gasteiger charge is -2.11. The van der Waals surface area contributed by atoms with Gasteiger partial charge in [0.2, 0.25) is 0 Å². The van der Waals surface area contributed by atoms with Gasteiger partial charge in [-0.15, -0.1) is 0 Å². The van der Waals surface area contributed by atoms with Crippen molar-refractivity contribution in [3.05, 3.63) is 39.9 Å². The molecule has 4 nitrogen and oxygen atoms in total. The molecule has 1 saturated carbocycles. The highest BCUT2D eigenvalue weighted by molar-refractivity contribution is 9.10. The smallest absolute Gasteiger partial charge is 0.254 e. The van der Waals surface area contributed by atoms with Gasteiger partial charge in [0.05, 0.1) is 12.6 Å². The maximum absolute atomic E-state index is 14.1. The van der Waals surface area contributed by atoms with Crippen molar-refractivity contribution in [2.75, 3.05) is 5.73 Å². The van der Waals surface area contributed by atoms with Crippen molar-refractivity contribution in [1.82, 2.24) is 9.78 Å². The largest absolute Gasteiger partial charge is 0.393 e. The van der Waals surface area contributed by atoms with Gasteiger partial charge in [-0.25, -0.2) is 9.24 Å². The molecule has 0 amide bonds. The molecule has 2 aromatic rings. The first-order chi connectivity index (χ1) is 10.1. The number of aromatic nitrogens is 2. The van der Waals surface area contributed by atoms with Gasteiger partial charge < -0.3 is 5.73 Å². The normalized spacial score (nSPS) is 15.3. The summed E-state index contributed by atoms with van der Waals surface area (Å²) in [6.45, 7) is 7.33. The topological polar surface area (TPSA) is 48.2 Å². The van der Waals surface area contributed by atoms with Gasteiger partial charge in [0.25, 0.3) is 5.69 Å². The van der Waals surface area contributed by atoms with Crippen molar-refractivity contribution in [2.24, 2.45) is 0 Å². The monoisotopic (exact) mass is 348 g/mol. The Kier molecular flexibility index (Phi) is 3.68. The number of anilines is 1. The second-order valence-corrected chi connectivity index (χ2v) is 6.12. The Morgan fingerprint density at radius 1 is 1.38 bits per heavy atom. The molecule has 0 radical (unpaired) electrons. The van der Waals surface area contributed by atoms with Gasteiger partial charge in [0.15, 0.2) is 0 Å². The van der Waals surface area contributed by atoms with E-state index in [9.17, 15) is 4.39 Å². The minimum Gasteiger partial charge on any atom is -0.393 e. The molecule has 0 unspecified atom stereocenters. The predicted molar refractivity (Wildman–Crippen MR) is 83.5 cm³/mol. The van der Waals surface area contributed by atoms with Crippen LogP contribution in [0.4, 0.5) is 15.9 Å². The molecule has 1 aromatic heterocycles. The Labute approximate surface area is 130 Å². The quantitative estimate of drug-likeness (QED) is 0.799. The molecule has 21 heavy (non-hydrogen) atoms. The van der Waals surface area contributed by atoms with Crippen LogP contribution in [-0.4, -0.2) is 9.78 Å². The third kappa shape index (κ3) is 2.42. The number of rotatable bonds is 2. The Bertz CT molecular complexity index is 726. The minimum absolute atomic E-state index is 0.220. The Morgan fingerprint density at radius 2 is 2.10 bits per heavy atom. The molecule has 0 spiro atoms. The van der Waals surface area contributed by atoms with Gasteiger partial charge in [0.1, 0.15) is 17.3 Å². The van der Waals surface area contributed by atoms with Gasteiger partial charge >= 0.3 is 0 Å². The maximum Gasteiger partial charge on any atom is 0.254 e. The SMILES string of the molecule is [C-]#[N+]c1c(-c2ccc(Br)cc2F)nn(C2CCCC2)c1N. The van der Waals surface area contributed by atoms with Gasteiger partial charge in [-0.2, -0.15) is 5.10 Å². The van der Waals surface area contributed by atoms with Crippen molar-refractivity contribution in [3.8, 4) is 11.3 Å². The summed E-state index contributed by atoms with van der Waals surface area (Å²) < 4.78 is 16.5. The van der Waals surface area contributed by atoms with Gasteiger partial charge in [0, 0.05) is 10.0 Å². The third-order valence-electron chi connectivity index (χ3n) is 3.89. The van der Waals surface area contributed by atoms with E-state index in [1.165, 1.54) is 6.07 Å². The predicted octanol–water partition coefficient (Wildman–Crippen LogP) is 4.70. The van der Waals surface area contributed by atoms with E-state index in [4.69, 9.17) is 12.3 Å². The summed E-state index contributed by atoms with van der Waals surface area (Å²) in [6, 6.07) is 4.94. The van der Waals surface area contributed by atoms with Crippen LogP contribution in [0.25, 0.3) is 16.1 Å². The summed E-state index contributed by atoms with van der Waals surface area (Å²) >= 11 is 3.23. The lowest BCUT2D eigenvalue weighted by Crippen LogP contribution is -2.09. The number of nitrogens with two attached hydrogens (primary N) is 1. The van der Waals surface area contributed by atoms with E-state index < -0.39 is 5.82 Å². The fourth-order valence-corrected chi connectivity index (χ4v) is 3.17. The molecule has 1 fully saturated rings. The highest BCUT2D eigenvalue weighted by Gasteiger charge is 2.25. The van der Waals surface area contributed by atoms with E-state index in [0.29, 0.717) is 21.5 Å². The molecule has 3 rings (SSSR count). The van der Waals surface area contributed by atoms with E-state index in [0.717, 1.165) is 25.7 Å².